The molecule has 2 amide bonds. The lowest BCUT2D eigenvalue weighted by Gasteiger charge is -2.27. The number of aromatic nitrogens is 4. The number of rotatable bonds is 5. The molecule has 1 aliphatic rings. The highest BCUT2D eigenvalue weighted by atomic mass is 19.1. The van der Waals surface area contributed by atoms with Gasteiger partial charge in [-0.2, -0.15) is 0 Å². The highest BCUT2D eigenvalue weighted by molar-refractivity contribution is 5.99. The van der Waals surface area contributed by atoms with Crippen LogP contribution in [0.3, 0.4) is 0 Å². The summed E-state index contributed by atoms with van der Waals surface area (Å²) >= 11 is 0. The van der Waals surface area contributed by atoms with Crippen molar-refractivity contribution >= 4 is 17.5 Å². The van der Waals surface area contributed by atoms with Gasteiger partial charge in [0.25, 0.3) is 11.8 Å². The van der Waals surface area contributed by atoms with Crippen LogP contribution in [0.4, 0.5) is 10.1 Å². The van der Waals surface area contributed by atoms with Crippen molar-refractivity contribution in [2.45, 2.75) is 25.3 Å². The number of hydrogen-bond acceptors (Lipinski definition) is 5. The van der Waals surface area contributed by atoms with Crippen LogP contribution in [0.5, 0.6) is 0 Å². The maximum Gasteiger partial charge on any atom is 0.254 e. The first-order valence-corrected chi connectivity index (χ1v) is 9.80. The molecule has 1 aliphatic heterocycles. The Balaban J connectivity index is 1.59. The number of halogens is 1. The monoisotopic (exact) mass is 408 g/mol. The number of benzene rings is 2. The Morgan fingerprint density at radius 2 is 1.80 bits per heavy atom. The SMILES string of the molecule is O=C(Nc1cc(F)cc(C(=O)N2CCCCC2)c1)C(c1ccccc1)n1cnnn1. The summed E-state index contributed by atoms with van der Waals surface area (Å²) < 4.78 is 15.6. The van der Waals surface area contributed by atoms with Gasteiger partial charge in [0.2, 0.25) is 0 Å². The maximum absolute atomic E-state index is 14.2. The van der Waals surface area contributed by atoms with Crippen molar-refractivity contribution in [3.8, 4) is 0 Å². The van der Waals surface area contributed by atoms with Crippen molar-refractivity contribution in [1.29, 1.82) is 0 Å². The number of hydrogen-bond donors (Lipinski definition) is 1. The lowest BCUT2D eigenvalue weighted by atomic mass is 10.1. The molecule has 1 saturated heterocycles. The predicted octanol–water partition coefficient (Wildman–Crippen LogP) is 2.67. The number of tetrazole rings is 1. The summed E-state index contributed by atoms with van der Waals surface area (Å²) in [6, 6.07) is 12.0. The van der Waals surface area contributed by atoms with Crippen LogP contribution in [0.1, 0.15) is 41.2 Å². The average molecular weight is 408 g/mol. The van der Waals surface area contributed by atoms with Crippen LogP contribution in [0.15, 0.2) is 54.9 Å². The zero-order chi connectivity index (χ0) is 20.9. The van der Waals surface area contributed by atoms with Crippen LogP contribution in [0, 0.1) is 5.82 Å². The van der Waals surface area contributed by atoms with Gasteiger partial charge in [0.15, 0.2) is 6.04 Å². The van der Waals surface area contributed by atoms with E-state index in [1.165, 1.54) is 29.2 Å². The molecule has 1 N–H and O–H groups in total. The molecule has 4 rings (SSSR count). The van der Waals surface area contributed by atoms with Crippen LogP contribution in [-0.4, -0.2) is 50.0 Å². The highest BCUT2D eigenvalue weighted by Crippen LogP contribution is 2.22. The van der Waals surface area contributed by atoms with Crippen molar-refractivity contribution in [1.82, 2.24) is 25.1 Å². The number of piperidine rings is 1. The molecule has 3 aromatic rings. The molecule has 1 atom stereocenters. The standard InChI is InChI=1S/C21H21FN6O2/c22-17-11-16(21(30)27-9-5-2-6-10-27)12-18(13-17)24-20(29)19(28-14-23-25-26-28)15-7-3-1-4-8-15/h1,3-4,7-8,11-14,19H,2,5-6,9-10H2,(H,24,29). The molecule has 0 bridgehead atoms. The summed E-state index contributed by atoms with van der Waals surface area (Å²) in [5, 5.41) is 13.7. The predicted molar refractivity (Wildman–Crippen MR) is 107 cm³/mol. The fraction of sp³-hybridized carbons (Fsp3) is 0.286. The zero-order valence-corrected chi connectivity index (χ0v) is 16.2. The molecule has 2 heterocycles. The van der Waals surface area contributed by atoms with E-state index in [1.807, 2.05) is 6.07 Å². The summed E-state index contributed by atoms with van der Waals surface area (Å²) in [5.41, 5.74) is 1.09. The van der Waals surface area contributed by atoms with Gasteiger partial charge in [-0.1, -0.05) is 30.3 Å². The number of anilines is 1. The fourth-order valence-electron chi connectivity index (χ4n) is 3.62. The van der Waals surface area contributed by atoms with Gasteiger partial charge in [-0.25, -0.2) is 9.07 Å². The van der Waals surface area contributed by atoms with Crippen LogP contribution in [-0.2, 0) is 4.79 Å². The van der Waals surface area contributed by atoms with E-state index in [-0.39, 0.29) is 17.2 Å². The molecular formula is C21H21FN6O2. The van der Waals surface area contributed by atoms with E-state index in [9.17, 15) is 14.0 Å². The number of amides is 2. The van der Waals surface area contributed by atoms with Gasteiger partial charge in [0, 0.05) is 24.3 Å². The fourth-order valence-corrected chi connectivity index (χ4v) is 3.62. The third kappa shape index (κ3) is 4.35. The molecule has 2 aromatic carbocycles. The first-order valence-electron chi connectivity index (χ1n) is 9.80. The molecule has 1 fully saturated rings. The Labute approximate surface area is 172 Å². The van der Waals surface area contributed by atoms with Gasteiger partial charge in [0.05, 0.1) is 0 Å². The Kier molecular flexibility index (Phi) is 5.78. The Hall–Kier alpha value is -3.62. The molecule has 0 spiro atoms. The van der Waals surface area contributed by atoms with E-state index >= 15 is 0 Å². The molecule has 30 heavy (non-hydrogen) atoms. The lowest BCUT2D eigenvalue weighted by Crippen LogP contribution is -2.35. The van der Waals surface area contributed by atoms with E-state index in [1.54, 1.807) is 29.2 Å². The average Bonchev–Trinajstić information content (AvgIpc) is 3.28. The number of nitrogens with zero attached hydrogens (tertiary/aromatic N) is 5. The molecule has 0 radical (unpaired) electrons. The second-order valence-electron chi connectivity index (χ2n) is 7.17. The van der Waals surface area contributed by atoms with Gasteiger partial charge >= 0.3 is 0 Å². The quantitative estimate of drug-likeness (QED) is 0.701. The second-order valence-corrected chi connectivity index (χ2v) is 7.17. The molecular weight excluding hydrogens is 387 g/mol. The first kappa shape index (κ1) is 19.7. The summed E-state index contributed by atoms with van der Waals surface area (Å²) in [6.07, 6.45) is 4.31. The van der Waals surface area contributed by atoms with Crippen molar-refractivity contribution in [2.75, 3.05) is 18.4 Å². The summed E-state index contributed by atoms with van der Waals surface area (Å²) in [7, 11) is 0. The molecule has 1 aromatic heterocycles. The maximum atomic E-state index is 14.2. The molecule has 1 unspecified atom stereocenters. The van der Waals surface area contributed by atoms with Gasteiger partial charge in [-0.15, -0.1) is 5.10 Å². The third-order valence-corrected chi connectivity index (χ3v) is 5.05. The minimum Gasteiger partial charge on any atom is -0.339 e. The van der Waals surface area contributed by atoms with Gasteiger partial charge < -0.3 is 10.2 Å². The summed E-state index contributed by atoms with van der Waals surface area (Å²) in [5.74, 6) is -1.27. The highest BCUT2D eigenvalue weighted by Gasteiger charge is 2.25. The van der Waals surface area contributed by atoms with Crippen LogP contribution >= 0.6 is 0 Å². The van der Waals surface area contributed by atoms with Gasteiger partial charge in [-0.05, 0) is 53.5 Å². The smallest absolute Gasteiger partial charge is 0.254 e. The van der Waals surface area contributed by atoms with Crippen LogP contribution < -0.4 is 5.32 Å². The molecule has 0 saturated carbocycles. The van der Waals surface area contributed by atoms with Crippen molar-refractivity contribution in [3.05, 3.63) is 71.8 Å². The number of likely N-dealkylation sites (tertiary alicyclic amines) is 1. The third-order valence-electron chi connectivity index (χ3n) is 5.05. The van der Waals surface area contributed by atoms with Gasteiger partial charge in [-0.3, -0.25) is 9.59 Å². The van der Waals surface area contributed by atoms with E-state index in [4.69, 9.17) is 0 Å². The topological polar surface area (TPSA) is 93.0 Å². The van der Waals surface area contributed by atoms with Crippen molar-refractivity contribution in [3.63, 3.8) is 0 Å². The van der Waals surface area contributed by atoms with Crippen molar-refractivity contribution in [2.24, 2.45) is 0 Å². The number of carbonyl (C=O) groups is 2. The van der Waals surface area contributed by atoms with Gasteiger partial charge in [0.1, 0.15) is 12.1 Å². The molecule has 0 aliphatic carbocycles. The molecule has 154 valence electrons. The number of nitrogens with one attached hydrogen (secondary N) is 1. The Morgan fingerprint density at radius 3 is 2.50 bits per heavy atom. The van der Waals surface area contributed by atoms with Crippen molar-refractivity contribution < 1.29 is 14.0 Å². The van der Waals surface area contributed by atoms with E-state index in [0.717, 1.165) is 19.3 Å². The Morgan fingerprint density at radius 1 is 1.03 bits per heavy atom. The molecule has 8 nitrogen and oxygen atoms in total. The van der Waals surface area contributed by atoms with Crippen LogP contribution in [0.25, 0.3) is 0 Å². The minimum absolute atomic E-state index is 0.203. The lowest BCUT2D eigenvalue weighted by molar-refractivity contribution is -0.118. The van der Waals surface area contributed by atoms with E-state index < -0.39 is 17.8 Å². The normalized spacial score (nSPS) is 14.9. The summed E-state index contributed by atoms with van der Waals surface area (Å²) in [4.78, 5) is 27.5. The number of carbonyl (C=O) groups excluding carboxylic acids is 2. The van der Waals surface area contributed by atoms with E-state index in [0.29, 0.717) is 18.7 Å². The zero-order valence-electron chi connectivity index (χ0n) is 16.2. The molecule has 9 heteroatoms. The summed E-state index contributed by atoms with van der Waals surface area (Å²) in [6.45, 7) is 1.32. The Bertz CT molecular complexity index is 1020. The van der Waals surface area contributed by atoms with E-state index in [2.05, 4.69) is 20.8 Å². The van der Waals surface area contributed by atoms with Crippen LogP contribution in [0.2, 0.25) is 0 Å². The second kappa shape index (κ2) is 8.81. The largest absolute Gasteiger partial charge is 0.339 e. The first-order chi connectivity index (χ1) is 14.6. The minimum atomic E-state index is -0.842.